The second-order valence-electron chi connectivity index (χ2n) is 2.62. The van der Waals surface area contributed by atoms with Crippen LogP contribution in [0, 0.1) is 6.42 Å². The molecule has 0 aromatic rings. The third kappa shape index (κ3) is 6.32. The molecule has 2 nitrogen and oxygen atoms in total. The molecule has 0 aliphatic rings. The van der Waals surface area contributed by atoms with Gasteiger partial charge in [0.15, 0.2) is 0 Å². The summed E-state index contributed by atoms with van der Waals surface area (Å²) in [4.78, 5) is 2.38. The summed E-state index contributed by atoms with van der Waals surface area (Å²) in [5, 5.41) is 8.50. The van der Waals surface area contributed by atoms with Crippen LogP contribution >= 0.6 is 0 Å². The average molecular weight is 158 g/mol. The molecule has 0 heterocycles. The quantitative estimate of drug-likeness (QED) is 0.565. The molecular weight excluding hydrogens is 138 g/mol. The molecule has 0 amide bonds. The van der Waals surface area contributed by atoms with Gasteiger partial charge in [0.25, 0.3) is 0 Å². The molecule has 0 spiro atoms. The van der Waals surface area contributed by atoms with E-state index in [1.165, 1.54) is 0 Å². The number of rotatable bonds is 7. The first kappa shape index (κ1) is 10.9. The molecule has 0 aromatic carbocycles. The second-order valence-corrected chi connectivity index (χ2v) is 2.62. The average Bonchev–Trinajstić information content (AvgIpc) is 2.05. The molecule has 0 saturated carbocycles. The lowest BCUT2D eigenvalue weighted by Gasteiger charge is -2.17. The van der Waals surface area contributed by atoms with Crippen LogP contribution in [0.3, 0.4) is 0 Å². The normalized spacial score (nSPS) is 10.9. The largest absolute Gasteiger partial charge is 0.396 e. The standard InChI is InChI=1S/C9H20NO/c1-3-10(4-2)8-6-5-7-9-11/h5,11H,3-4,6-9H2,1-2H3. The van der Waals surface area contributed by atoms with E-state index in [4.69, 9.17) is 5.11 Å². The van der Waals surface area contributed by atoms with E-state index >= 15 is 0 Å². The molecule has 0 rings (SSSR count). The van der Waals surface area contributed by atoms with Crippen molar-refractivity contribution in [1.29, 1.82) is 0 Å². The van der Waals surface area contributed by atoms with Crippen LogP contribution in [0.2, 0.25) is 0 Å². The number of nitrogens with zero attached hydrogens (tertiary/aromatic N) is 1. The molecule has 11 heavy (non-hydrogen) atoms. The zero-order valence-corrected chi connectivity index (χ0v) is 7.71. The maximum Gasteiger partial charge on any atom is 0.0433 e. The molecule has 0 saturated heterocycles. The maximum absolute atomic E-state index is 8.50. The summed E-state index contributed by atoms with van der Waals surface area (Å²) in [6, 6.07) is 0. The predicted molar refractivity (Wildman–Crippen MR) is 48.4 cm³/mol. The Kier molecular flexibility index (Phi) is 7.96. The number of aliphatic hydroxyl groups excluding tert-OH is 1. The van der Waals surface area contributed by atoms with E-state index in [9.17, 15) is 0 Å². The fourth-order valence-electron chi connectivity index (χ4n) is 1.05. The first-order valence-electron chi connectivity index (χ1n) is 4.50. The van der Waals surface area contributed by atoms with Gasteiger partial charge in [-0.3, -0.25) is 0 Å². The Balaban J connectivity index is 3.07. The van der Waals surface area contributed by atoms with E-state index in [2.05, 4.69) is 25.2 Å². The topological polar surface area (TPSA) is 23.5 Å². The van der Waals surface area contributed by atoms with Crippen LogP contribution in [-0.4, -0.2) is 36.2 Å². The third-order valence-electron chi connectivity index (χ3n) is 1.88. The number of hydrogen-bond donors (Lipinski definition) is 1. The highest BCUT2D eigenvalue weighted by molar-refractivity contribution is 4.66. The van der Waals surface area contributed by atoms with Gasteiger partial charge in [0, 0.05) is 6.61 Å². The summed E-state index contributed by atoms with van der Waals surface area (Å²) in [5.41, 5.74) is 0. The van der Waals surface area contributed by atoms with Crippen molar-refractivity contribution in [3.05, 3.63) is 6.42 Å². The van der Waals surface area contributed by atoms with Gasteiger partial charge in [0.2, 0.25) is 0 Å². The van der Waals surface area contributed by atoms with Crippen molar-refractivity contribution in [2.24, 2.45) is 0 Å². The van der Waals surface area contributed by atoms with Crippen molar-refractivity contribution in [3.63, 3.8) is 0 Å². The lowest BCUT2D eigenvalue weighted by Crippen LogP contribution is -2.23. The second kappa shape index (κ2) is 8.02. The Morgan fingerprint density at radius 2 is 1.82 bits per heavy atom. The molecule has 67 valence electrons. The summed E-state index contributed by atoms with van der Waals surface area (Å²) in [5.74, 6) is 0. The lowest BCUT2D eigenvalue weighted by molar-refractivity contribution is 0.285. The smallest absolute Gasteiger partial charge is 0.0433 e. The molecular formula is C9H20NO. The van der Waals surface area contributed by atoms with E-state index in [1.807, 2.05) is 0 Å². The fourth-order valence-corrected chi connectivity index (χ4v) is 1.05. The highest BCUT2D eigenvalue weighted by Gasteiger charge is 1.96. The van der Waals surface area contributed by atoms with Gasteiger partial charge in [0.1, 0.15) is 0 Å². The minimum Gasteiger partial charge on any atom is -0.396 e. The van der Waals surface area contributed by atoms with E-state index < -0.39 is 0 Å². The van der Waals surface area contributed by atoms with Gasteiger partial charge in [-0.05, 0) is 38.9 Å². The fraction of sp³-hybridized carbons (Fsp3) is 0.889. The highest BCUT2D eigenvalue weighted by Crippen LogP contribution is 1.96. The van der Waals surface area contributed by atoms with Gasteiger partial charge in [-0.15, -0.1) is 0 Å². The molecule has 1 N–H and O–H groups in total. The Bertz CT molecular complexity index is 72.0. The van der Waals surface area contributed by atoms with E-state index in [-0.39, 0.29) is 6.61 Å². The Morgan fingerprint density at radius 1 is 1.18 bits per heavy atom. The monoisotopic (exact) mass is 158 g/mol. The molecule has 0 atom stereocenters. The molecule has 0 fully saturated rings. The highest BCUT2D eigenvalue weighted by atomic mass is 16.2. The Labute approximate surface area is 70.2 Å². The first-order chi connectivity index (χ1) is 5.35. The van der Waals surface area contributed by atoms with E-state index in [1.54, 1.807) is 0 Å². The van der Waals surface area contributed by atoms with E-state index in [0.29, 0.717) is 0 Å². The Morgan fingerprint density at radius 3 is 2.27 bits per heavy atom. The zero-order valence-electron chi connectivity index (χ0n) is 7.71. The minimum atomic E-state index is 0.290. The summed E-state index contributed by atoms with van der Waals surface area (Å²) < 4.78 is 0. The molecule has 2 heteroatoms. The summed E-state index contributed by atoms with van der Waals surface area (Å²) in [7, 11) is 0. The summed E-state index contributed by atoms with van der Waals surface area (Å²) in [6.45, 7) is 8.03. The minimum absolute atomic E-state index is 0.290. The molecule has 0 bridgehead atoms. The molecule has 0 aliphatic carbocycles. The zero-order chi connectivity index (χ0) is 8.53. The van der Waals surface area contributed by atoms with Gasteiger partial charge >= 0.3 is 0 Å². The van der Waals surface area contributed by atoms with Gasteiger partial charge in [-0.25, -0.2) is 0 Å². The Hall–Kier alpha value is -0.0800. The molecule has 0 unspecified atom stereocenters. The lowest BCUT2D eigenvalue weighted by atomic mass is 10.2. The van der Waals surface area contributed by atoms with Crippen LogP contribution in [0.25, 0.3) is 0 Å². The number of aliphatic hydroxyl groups is 1. The van der Waals surface area contributed by atoms with Crippen LogP contribution in [0.15, 0.2) is 0 Å². The van der Waals surface area contributed by atoms with Crippen molar-refractivity contribution in [2.75, 3.05) is 26.2 Å². The van der Waals surface area contributed by atoms with Crippen molar-refractivity contribution in [1.82, 2.24) is 4.90 Å². The predicted octanol–water partition coefficient (Wildman–Crippen LogP) is 1.30. The maximum atomic E-state index is 8.50. The molecule has 0 aliphatic heterocycles. The number of unbranched alkanes of at least 4 members (excludes halogenated alkanes) is 2. The van der Waals surface area contributed by atoms with Crippen molar-refractivity contribution < 1.29 is 5.11 Å². The van der Waals surface area contributed by atoms with Crippen LogP contribution in [0.5, 0.6) is 0 Å². The summed E-state index contributed by atoms with van der Waals surface area (Å²) >= 11 is 0. The van der Waals surface area contributed by atoms with Crippen molar-refractivity contribution in [2.45, 2.75) is 26.7 Å². The van der Waals surface area contributed by atoms with E-state index in [0.717, 1.165) is 32.5 Å². The molecule has 1 radical (unpaired) electrons. The molecule has 0 aromatic heterocycles. The SMILES string of the molecule is CCN(CC)CC[CH]CCO. The van der Waals surface area contributed by atoms with Crippen molar-refractivity contribution >= 4 is 0 Å². The van der Waals surface area contributed by atoms with Gasteiger partial charge in [-0.2, -0.15) is 0 Å². The van der Waals surface area contributed by atoms with Gasteiger partial charge in [0.05, 0.1) is 0 Å². The van der Waals surface area contributed by atoms with Gasteiger partial charge in [-0.1, -0.05) is 13.8 Å². The van der Waals surface area contributed by atoms with Crippen LogP contribution in [-0.2, 0) is 0 Å². The van der Waals surface area contributed by atoms with Crippen LogP contribution < -0.4 is 0 Å². The first-order valence-corrected chi connectivity index (χ1v) is 4.50. The van der Waals surface area contributed by atoms with Crippen LogP contribution in [0.4, 0.5) is 0 Å². The van der Waals surface area contributed by atoms with Crippen LogP contribution in [0.1, 0.15) is 26.7 Å². The summed E-state index contributed by atoms with van der Waals surface area (Å²) in [6.07, 6.45) is 4.09. The van der Waals surface area contributed by atoms with Gasteiger partial charge < -0.3 is 10.0 Å². The third-order valence-corrected chi connectivity index (χ3v) is 1.88. The number of hydrogen-bond acceptors (Lipinski definition) is 2. The van der Waals surface area contributed by atoms with Crippen molar-refractivity contribution in [3.8, 4) is 0 Å².